The summed E-state index contributed by atoms with van der Waals surface area (Å²) in [6, 6.07) is 14.5. The van der Waals surface area contributed by atoms with Gasteiger partial charge in [-0.3, -0.25) is 0 Å². The Hall–Kier alpha value is -1.03. The molecule has 0 fully saturated rings. The van der Waals surface area contributed by atoms with Crippen LogP contribution in [0.5, 0.6) is 0 Å². The highest BCUT2D eigenvalue weighted by atomic mass is 79.9. The third-order valence-electron chi connectivity index (χ3n) is 3.38. The first-order valence-electron chi connectivity index (χ1n) is 6.96. The van der Waals surface area contributed by atoms with Crippen molar-refractivity contribution in [2.45, 2.75) is 25.9 Å². The Morgan fingerprint density at radius 2 is 1.90 bits per heavy atom. The largest absolute Gasteiger partial charge is 0.370 e. The van der Waals surface area contributed by atoms with Crippen LogP contribution in [-0.4, -0.2) is 13.1 Å². The fourth-order valence-electron chi connectivity index (χ4n) is 2.26. The molecular weight excluding hydrogens is 348 g/mol. The number of anilines is 1. The fraction of sp³-hybridized carbons (Fsp3) is 0.294. The van der Waals surface area contributed by atoms with E-state index in [9.17, 15) is 0 Å². The van der Waals surface area contributed by atoms with Gasteiger partial charge in [-0.25, -0.2) is 0 Å². The SMILES string of the molecule is CC(N)Cc1ccc(N(C)Cc2ccccc2Br)cc1Cl. The minimum absolute atomic E-state index is 0.117. The predicted octanol–water partition coefficient (Wildman–Crippen LogP) is 4.63. The zero-order valence-corrected chi connectivity index (χ0v) is 14.7. The standard InChI is InChI=1S/C17H20BrClN2/c1-12(20)9-13-7-8-15(10-17(13)19)21(2)11-14-5-3-4-6-16(14)18/h3-8,10,12H,9,11,20H2,1-2H3. The fourth-order valence-corrected chi connectivity index (χ4v) is 2.92. The van der Waals surface area contributed by atoms with Crippen LogP contribution in [0.3, 0.4) is 0 Å². The highest BCUT2D eigenvalue weighted by molar-refractivity contribution is 9.10. The molecule has 0 aliphatic rings. The molecule has 2 rings (SSSR count). The monoisotopic (exact) mass is 366 g/mol. The van der Waals surface area contributed by atoms with Gasteiger partial charge in [-0.05, 0) is 42.7 Å². The molecule has 0 spiro atoms. The molecule has 0 amide bonds. The first-order valence-corrected chi connectivity index (χ1v) is 8.13. The molecule has 0 saturated heterocycles. The highest BCUT2D eigenvalue weighted by Gasteiger charge is 2.09. The zero-order chi connectivity index (χ0) is 15.4. The number of rotatable bonds is 5. The van der Waals surface area contributed by atoms with Crippen LogP contribution in [0, 0.1) is 0 Å². The van der Waals surface area contributed by atoms with Crippen LogP contribution in [-0.2, 0) is 13.0 Å². The number of nitrogens with two attached hydrogens (primary N) is 1. The van der Waals surface area contributed by atoms with Gasteiger partial charge < -0.3 is 10.6 Å². The van der Waals surface area contributed by atoms with Crippen molar-refractivity contribution in [1.82, 2.24) is 0 Å². The van der Waals surface area contributed by atoms with Crippen molar-refractivity contribution in [3.8, 4) is 0 Å². The van der Waals surface area contributed by atoms with Gasteiger partial charge in [0, 0.05) is 34.8 Å². The van der Waals surface area contributed by atoms with Crippen LogP contribution in [0.2, 0.25) is 5.02 Å². The van der Waals surface area contributed by atoms with Crippen molar-refractivity contribution >= 4 is 33.2 Å². The van der Waals surface area contributed by atoms with Gasteiger partial charge in [0.25, 0.3) is 0 Å². The molecule has 0 aliphatic heterocycles. The van der Waals surface area contributed by atoms with E-state index in [1.165, 1.54) is 5.56 Å². The number of hydrogen-bond donors (Lipinski definition) is 1. The van der Waals surface area contributed by atoms with Crippen LogP contribution >= 0.6 is 27.5 Å². The molecule has 2 nitrogen and oxygen atoms in total. The maximum absolute atomic E-state index is 6.36. The first-order chi connectivity index (χ1) is 9.97. The molecule has 0 saturated carbocycles. The molecule has 4 heteroatoms. The lowest BCUT2D eigenvalue weighted by atomic mass is 10.1. The van der Waals surface area contributed by atoms with Crippen molar-refractivity contribution in [3.63, 3.8) is 0 Å². The number of hydrogen-bond acceptors (Lipinski definition) is 2. The molecule has 21 heavy (non-hydrogen) atoms. The van der Waals surface area contributed by atoms with E-state index in [1.807, 2.05) is 25.1 Å². The summed E-state index contributed by atoms with van der Waals surface area (Å²) in [4.78, 5) is 2.18. The average molecular weight is 368 g/mol. The van der Waals surface area contributed by atoms with E-state index in [2.05, 4.69) is 52.1 Å². The van der Waals surface area contributed by atoms with Crippen molar-refractivity contribution in [1.29, 1.82) is 0 Å². The van der Waals surface area contributed by atoms with Crippen molar-refractivity contribution < 1.29 is 0 Å². The summed E-state index contributed by atoms with van der Waals surface area (Å²) in [5.41, 5.74) is 9.28. The molecule has 0 aliphatic carbocycles. The number of nitrogens with zero attached hydrogens (tertiary/aromatic N) is 1. The Kier molecular flexibility index (Phi) is 5.68. The van der Waals surface area contributed by atoms with Crippen molar-refractivity contribution in [3.05, 3.63) is 63.1 Å². The molecule has 1 atom stereocenters. The van der Waals surface area contributed by atoms with Crippen LogP contribution < -0.4 is 10.6 Å². The van der Waals surface area contributed by atoms with E-state index in [0.717, 1.165) is 33.7 Å². The Morgan fingerprint density at radius 1 is 1.19 bits per heavy atom. The molecule has 1 unspecified atom stereocenters. The van der Waals surface area contributed by atoms with Gasteiger partial charge in [-0.2, -0.15) is 0 Å². The van der Waals surface area contributed by atoms with E-state index in [0.29, 0.717) is 0 Å². The molecule has 0 heterocycles. The van der Waals surface area contributed by atoms with E-state index < -0.39 is 0 Å². The molecule has 0 aromatic heterocycles. The van der Waals surface area contributed by atoms with Gasteiger partial charge in [0.1, 0.15) is 0 Å². The molecule has 112 valence electrons. The molecule has 2 N–H and O–H groups in total. The molecule has 0 radical (unpaired) electrons. The van der Waals surface area contributed by atoms with Gasteiger partial charge in [0.15, 0.2) is 0 Å². The number of halogens is 2. The Balaban J connectivity index is 2.14. The van der Waals surface area contributed by atoms with Gasteiger partial charge in [-0.15, -0.1) is 0 Å². The van der Waals surface area contributed by atoms with Crippen molar-refractivity contribution in [2.24, 2.45) is 5.73 Å². The lowest BCUT2D eigenvalue weighted by Gasteiger charge is -2.21. The second-order valence-corrected chi connectivity index (χ2v) is 6.67. The van der Waals surface area contributed by atoms with Crippen LogP contribution in [0.1, 0.15) is 18.1 Å². The topological polar surface area (TPSA) is 29.3 Å². The Labute approximate surface area is 140 Å². The smallest absolute Gasteiger partial charge is 0.0459 e. The maximum Gasteiger partial charge on any atom is 0.0459 e. The lowest BCUT2D eigenvalue weighted by Crippen LogP contribution is -2.19. The summed E-state index contributed by atoms with van der Waals surface area (Å²) in [7, 11) is 2.07. The van der Waals surface area contributed by atoms with E-state index in [-0.39, 0.29) is 6.04 Å². The van der Waals surface area contributed by atoms with Crippen molar-refractivity contribution in [2.75, 3.05) is 11.9 Å². The summed E-state index contributed by atoms with van der Waals surface area (Å²) >= 11 is 9.94. The van der Waals surface area contributed by atoms with Crippen LogP contribution in [0.15, 0.2) is 46.9 Å². The summed E-state index contributed by atoms with van der Waals surface area (Å²) in [5, 5.41) is 0.781. The summed E-state index contributed by atoms with van der Waals surface area (Å²) in [6.45, 7) is 2.81. The molecule has 2 aromatic rings. The van der Waals surface area contributed by atoms with Gasteiger partial charge in [-0.1, -0.05) is 51.8 Å². The lowest BCUT2D eigenvalue weighted by molar-refractivity contribution is 0.738. The first kappa shape index (κ1) is 16.3. The van der Waals surface area contributed by atoms with Gasteiger partial charge in [0.2, 0.25) is 0 Å². The molecule has 0 bridgehead atoms. The summed E-state index contributed by atoms with van der Waals surface area (Å²) in [5.74, 6) is 0. The highest BCUT2D eigenvalue weighted by Crippen LogP contribution is 2.26. The average Bonchev–Trinajstić information content (AvgIpc) is 2.43. The maximum atomic E-state index is 6.36. The summed E-state index contributed by atoms with van der Waals surface area (Å²) < 4.78 is 1.12. The zero-order valence-electron chi connectivity index (χ0n) is 12.3. The van der Waals surface area contributed by atoms with Crippen LogP contribution in [0.25, 0.3) is 0 Å². The third kappa shape index (κ3) is 4.47. The summed E-state index contributed by atoms with van der Waals surface area (Å²) in [6.07, 6.45) is 0.799. The normalized spacial score (nSPS) is 12.2. The number of benzene rings is 2. The third-order valence-corrected chi connectivity index (χ3v) is 4.51. The second kappa shape index (κ2) is 7.30. The predicted molar refractivity (Wildman–Crippen MR) is 95.1 cm³/mol. The minimum Gasteiger partial charge on any atom is -0.370 e. The van der Waals surface area contributed by atoms with Gasteiger partial charge >= 0.3 is 0 Å². The van der Waals surface area contributed by atoms with Crippen LogP contribution in [0.4, 0.5) is 5.69 Å². The quantitative estimate of drug-likeness (QED) is 0.835. The van der Waals surface area contributed by atoms with Gasteiger partial charge in [0.05, 0.1) is 0 Å². The molecular formula is C17H20BrClN2. The molecule has 2 aromatic carbocycles. The Bertz CT molecular complexity index is 613. The van der Waals surface area contributed by atoms with E-state index >= 15 is 0 Å². The Morgan fingerprint density at radius 3 is 2.52 bits per heavy atom. The second-order valence-electron chi connectivity index (χ2n) is 5.40. The van der Waals surface area contributed by atoms with E-state index in [1.54, 1.807) is 0 Å². The van der Waals surface area contributed by atoms with E-state index in [4.69, 9.17) is 17.3 Å². The minimum atomic E-state index is 0.117.